The van der Waals surface area contributed by atoms with E-state index >= 15 is 0 Å². The van der Waals surface area contributed by atoms with Gasteiger partial charge in [-0.1, -0.05) is 24.3 Å². The molecule has 2 N–H and O–H groups in total. The maximum absolute atomic E-state index is 11.1. The third kappa shape index (κ3) is 3.39. The highest BCUT2D eigenvalue weighted by molar-refractivity contribution is 7.85. The molecule has 6 heteroatoms. The van der Waals surface area contributed by atoms with Gasteiger partial charge in [0.2, 0.25) is 5.91 Å². The molecule has 1 aliphatic carbocycles. The molecule has 0 spiro atoms. The van der Waals surface area contributed by atoms with Crippen molar-refractivity contribution >= 4 is 16.0 Å². The second-order valence-electron chi connectivity index (χ2n) is 2.56. The monoisotopic (exact) mass is 203 g/mol. The number of hydrogen-bond acceptors (Lipinski definition) is 3. The Hall–Kier alpha value is -1.14. The van der Waals surface area contributed by atoms with E-state index in [0.717, 1.165) is 0 Å². The summed E-state index contributed by atoms with van der Waals surface area (Å²) in [6.45, 7) is 0. The molecule has 0 bridgehead atoms. The fraction of sp³-hybridized carbons (Fsp3) is 0.286. The summed E-state index contributed by atoms with van der Waals surface area (Å²) in [6, 6.07) is 0. The summed E-state index contributed by atoms with van der Waals surface area (Å²) < 4.78 is 28.8. The van der Waals surface area contributed by atoms with E-state index < -0.39 is 27.8 Å². The van der Waals surface area contributed by atoms with Crippen LogP contribution in [-0.2, 0) is 14.9 Å². The van der Waals surface area contributed by atoms with Crippen molar-refractivity contribution in [2.45, 2.75) is 0 Å². The number of rotatable bonds is 3. The van der Waals surface area contributed by atoms with Crippen LogP contribution in [0.2, 0.25) is 0 Å². The van der Waals surface area contributed by atoms with Crippen LogP contribution in [0.1, 0.15) is 0 Å². The molecule has 0 aromatic carbocycles. The minimum Gasteiger partial charge on any atom is -0.339 e. The van der Waals surface area contributed by atoms with Gasteiger partial charge in [0.1, 0.15) is 5.88 Å². The van der Waals surface area contributed by atoms with E-state index in [-0.39, 0.29) is 0 Å². The van der Waals surface area contributed by atoms with Crippen molar-refractivity contribution in [2.75, 3.05) is 5.88 Å². The lowest BCUT2D eigenvalue weighted by atomic mass is 10.1. The van der Waals surface area contributed by atoms with Crippen molar-refractivity contribution in [1.29, 1.82) is 0 Å². The third-order valence-electron chi connectivity index (χ3n) is 1.48. The van der Waals surface area contributed by atoms with Gasteiger partial charge in [0.15, 0.2) is 0 Å². The molecule has 1 amide bonds. The molecule has 0 aromatic heterocycles. The molecule has 5 nitrogen and oxygen atoms in total. The second kappa shape index (κ2) is 3.71. The van der Waals surface area contributed by atoms with Crippen molar-refractivity contribution in [2.24, 2.45) is 5.92 Å². The molecule has 0 saturated heterocycles. The summed E-state index contributed by atoms with van der Waals surface area (Å²) >= 11 is 0. The Balaban J connectivity index is 2.43. The van der Waals surface area contributed by atoms with Gasteiger partial charge in [0.05, 0.1) is 5.92 Å². The molecule has 13 heavy (non-hydrogen) atoms. The van der Waals surface area contributed by atoms with Gasteiger partial charge < -0.3 is 5.32 Å². The zero-order chi connectivity index (χ0) is 9.90. The molecule has 0 aromatic rings. The second-order valence-corrected chi connectivity index (χ2v) is 4.02. The fourth-order valence-corrected chi connectivity index (χ4v) is 1.21. The average molecular weight is 203 g/mol. The number of amides is 1. The molecule has 0 unspecified atom stereocenters. The summed E-state index contributed by atoms with van der Waals surface area (Å²) in [5.41, 5.74) is 0. The normalized spacial score (nSPS) is 16.4. The molecular formula is C7H9NO4S. The topological polar surface area (TPSA) is 83.5 Å². The standard InChI is InChI=1S/C7H9NO4S/c9-7(6-3-1-2-4-6)8-5-13(10,11)12/h1-4,6H,5H2,(H,8,9)(H,10,11,12). The Labute approximate surface area is 75.9 Å². The van der Waals surface area contributed by atoms with Crippen LogP contribution < -0.4 is 5.32 Å². The van der Waals surface area contributed by atoms with E-state index in [9.17, 15) is 13.2 Å². The highest BCUT2D eigenvalue weighted by Crippen LogP contribution is 2.07. The van der Waals surface area contributed by atoms with Crippen LogP contribution >= 0.6 is 0 Å². The molecule has 0 radical (unpaired) electrons. The van der Waals surface area contributed by atoms with Crippen LogP contribution in [-0.4, -0.2) is 24.8 Å². The molecule has 72 valence electrons. The summed E-state index contributed by atoms with van der Waals surface area (Å²) in [5.74, 6) is -1.62. The zero-order valence-electron chi connectivity index (χ0n) is 6.67. The number of nitrogens with one attached hydrogen (secondary N) is 1. The summed E-state index contributed by atoms with van der Waals surface area (Å²) in [7, 11) is -4.13. The minimum atomic E-state index is -4.13. The molecular weight excluding hydrogens is 194 g/mol. The lowest BCUT2D eigenvalue weighted by molar-refractivity contribution is -0.122. The van der Waals surface area contributed by atoms with Gasteiger partial charge >= 0.3 is 0 Å². The average Bonchev–Trinajstić information content (AvgIpc) is 2.50. The largest absolute Gasteiger partial charge is 0.339 e. The number of hydrogen-bond donors (Lipinski definition) is 2. The van der Waals surface area contributed by atoms with Crippen LogP contribution in [0.5, 0.6) is 0 Å². The highest BCUT2D eigenvalue weighted by Gasteiger charge is 2.15. The molecule has 0 aliphatic heterocycles. The lowest BCUT2D eigenvalue weighted by Gasteiger charge is -2.05. The van der Waals surface area contributed by atoms with Gasteiger partial charge in [-0.2, -0.15) is 8.42 Å². The van der Waals surface area contributed by atoms with Crippen molar-refractivity contribution < 1.29 is 17.8 Å². The van der Waals surface area contributed by atoms with E-state index in [0.29, 0.717) is 0 Å². The van der Waals surface area contributed by atoms with Crippen molar-refractivity contribution in [3.63, 3.8) is 0 Å². The Morgan fingerprint density at radius 1 is 1.38 bits per heavy atom. The zero-order valence-corrected chi connectivity index (χ0v) is 7.49. The van der Waals surface area contributed by atoms with E-state index in [2.05, 4.69) is 5.32 Å². The quantitative estimate of drug-likeness (QED) is 0.616. The van der Waals surface area contributed by atoms with Crippen molar-refractivity contribution in [3.05, 3.63) is 24.3 Å². The van der Waals surface area contributed by atoms with Crippen LogP contribution in [0.15, 0.2) is 24.3 Å². The molecule has 1 rings (SSSR count). The highest BCUT2D eigenvalue weighted by atomic mass is 32.2. The summed E-state index contributed by atoms with van der Waals surface area (Å²) in [4.78, 5) is 11.1. The summed E-state index contributed by atoms with van der Waals surface area (Å²) in [6.07, 6.45) is 6.63. The number of carbonyl (C=O) groups excluding carboxylic acids is 1. The maximum Gasteiger partial charge on any atom is 0.283 e. The first-order chi connectivity index (χ1) is 5.99. The fourth-order valence-electron chi connectivity index (χ4n) is 0.887. The van der Waals surface area contributed by atoms with Gasteiger partial charge in [-0.15, -0.1) is 0 Å². The summed E-state index contributed by atoms with van der Waals surface area (Å²) in [5, 5.41) is 2.09. The predicted octanol–water partition coefficient (Wildman–Crippen LogP) is -0.310. The minimum absolute atomic E-state index is 0.429. The van der Waals surface area contributed by atoms with Crippen LogP contribution in [0, 0.1) is 5.92 Å². The maximum atomic E-state index is 11.1. The predicted molar refractivity (Wildman–Crippen MR) is 46.3 cm³/mol. The van der Waals surface area contributed by atoms with Gasteiger partial charge in [0.25, 0.3) is 10.1 Å². The molecule has 1 aliphatic rings. The Morgan fingerprint density at radius 3 is 2.38 bits per heavy atom. The number of allylic oxidation sites excluding steroid dienone is 2. The first-order valence-corrected chi connectivity index (χ1v) is 5.18. The van der Waals surface area contributed by atoms with Gasteiger partial charge in [-0.3, -0.25) is 9.35 Å². The van der Waals surface area contributed by atoms with Crippen LogP contribution in [0.25, 0.3) is 0 Å². The first kappa shape index (κ1) is 9.94. The smallest absolute Gasteiger partial charge is 0.283 e. The number of carbonyl (C=O) groups is 1. The van der Waals surface area contributed by atoms with E-state index in [1.54, 1.807) is 24.3 Å². The molecule has 0 saturated carbocycles. The Morgan fingerprint density at radius 2 is 1.92 bits per heavy atom. The SMILES string of the molecule is O=C(NCS(=O)(=O)O)C1C=CC=C1. The van der Waals surface area contributed by atoms with Gasteiger partial charge in [-0.25, -0.2) is 0 Å². The van der Waals surface area contributed by atoms with E-state index in [4.69, 9.17) is 4.55 Å². The van der Waals surface area contributed by atoms with Crippen LogP contribution in [0.4, 0.5) is 0 Å². The van der Waals surface area contributed by atoms with E-state index in [1.807, 2.05) is 0 Å². The third-order valence-corrected chi connectivity index (χ3v) is 1.99. The Kier molecular flexibility index (Phi) is 2.84. The molecule has 0 heterocycles. The van der Waals surface area contributed by atoms with Gasteiger partial charge in [-0.05, 0) is 0 Å². The van der Waals surface area contributed by atoms with Crippen molar-refractivity contribution in [3.8, 4) is 0 Å². The van der Waals surface area contributed by atoms with Crippen molar-refractivity contribution in [1.82, 2.24) is 5.32 Å². The lowest BCUT2D eigenvalue weighted by Crippen LogP contribution is -2.32. The van der Waals surface area contributed by atoms with Crippen LogP contribution in [0.3, 0.4) is 0 Å². The molecule has 0 fully saturated rings. The van der Waals surface area contributed by atoms with E-state index in [1.165, 1.54) is 0 Å². The molecule has 0 atom stereocenters. The van der Waals surface area contributed by atoms with Gasteiger partial charge in [0, 0.05) is 0 Å². The first-order valence-electron chi connectivity index (χ1n) is 3.57. The Bertz CT molecular complexity index is 343.